The van der Waals surface area contributed by atoms with Crippen molar-refractivity contribution in [1.29, 1.82) is 0 Å². The Kier molecular flexibility index (Phi) is 7.11. The monoisotopic (exact) mass is 377 g/mol. The third kappa shape index (κ3) is 5.03. The van der Waals surface area contributed by atoms with E-state index in [2.05, 4.69) is 10.6 Å². The molecule has 0 bridgehead atoms. The summed E-state index contributed by atoms with van der Waals surface area (Å²) in [6.45, 7) is 4.92. The molecule has 2 aromatic rings. The highest BCUT2D eigenvalue weighted by Crippen LogP contribution is 2.28. The molecule has 1 aromatic carbocycles. The zero-order valence-corrected chi connectivity index (χ0v) is 15.8. The molecule has 26 heavy (non-hydrogen) atoms. The Morgan fingerprint density at radius 2 is 2.12 bits per heavy atom. The number of thiophene rings is 1. The van der Waals surface area contributed by atoms with Crippen LogP contribution in [-0.2, 0) is 4.74 Å². The van der Waals surface area contributed by atoms with Crippen LogP contribution in [0, 0.1) is 16.0 Å². The molecule has 0 saturated heterocycles. The fourth-order valence-corrected chi connectivity index (χ4v) is 3.47. The van der Waals surface area contributed by atoms with Gasteiger partial charge in [0, 0.05) is 30.2 Å². The summed E-state index contributed by atoms with van der Waals surface area (Å²) < 4.78 is 4.93. The number of hydrogen-bond acceptors (Lipinski definition) is 6. The molecule has 2 N–H and O–H groups in total. The van der Waals surface area contributed by atoms with Crippen molar-refractivity contribution in [3.8, 4) is 0 Å². The second-order valence-corrected chi connectivity index (χ2v) is 7.10. The predicted octanol–water partition coefficient (Wildman–Crippen LogP) is 3.84. The van der Waals surface area contributed by atoms with E-state index >= 15 is 0 Å². The number of nitro groups is 1. The summed E-state index contributed by atoms with van der Waals surface area (Å²) >= 11 is 1.57. The van der Waals surface area contributed by atoms with Gasteiger partial charge in [-0.25, -0.2) is 0 Å². The van der Waals surface area contributed by atoms with Crippen molar-refractivity contribution in [2.45, 2.75) is 19.9 Å². The zero-order chi connectivity index (χ0) is 19.1. The van der Waals surface area contributed by atoms with E-state index in [0.29, 0.717) is 18.8 Å². The largest absolute Gasteiger partial charge is 0.383 e. The van der Waals surface area contributed by atoms with Crippen LogP contribution in [0.25, 0.3) is 0 Å². The highest BCUT2D eigenvalue weighted by Gasteiger charge is 2.22. The molecule has 0 radical (unpaired) electrons. The number of nitrogens with zero attached hydrogens (tertiary/aromatic N) is 1. The molecule has 0 aliphatic carbocycles. The minimum absolute atomic E-state index is 0.133. The number of rotatable bonds is 9. The molecule has 1 heterocycles. The van der Waals surface area contributed by atoms with Crippen LogP contribution < -0.4 is 10.6 Å². The third-order valence-electron chi connectivity index (χ3n) is 3.88. The van der Waals surface area contributed by atoms with Crippen LogP contribution in [0.4, 0.5) is 11.4 Å². The van der Waals surface area contributed by atoms with Gasteiger partial charge in [0.25, 0.3) is 11.6 Å². The summed E-state index contributed by atoms with van der Waals surface area (Å²) in [7, 11) is 1.56. The smallest absolute Gasteiger partial charge is 0.293 e. The number of nitro benzene ring substituents is 1. The van der Waals surface area contributed by atoms with Crippen molar-refractivity contribution in [3.05, 3.63) is 56.3 Å². The number of benzene rings is 1. The maximum atomic E-state index is 12.6. The molecule has 8 heteroatoms. The van der Waals surface area contributed by atoms with E-state index in [1.807, 2.05) is 31.4 Å². The first-order valence-corrected chi connectivity index (χ1v) is 9.17. The highest BCUT2D eigenvalue weighted by atomic mass is 32.1. The molecule has 1 amide bonds. The minimum atomic E-state index is -0.495. The first-order chi connectivity index (χ1) is 12.4. The van der Waals surface area contributed by atoms with Gasteiger partial charge in [0.15, 0.2) is 0 Å². The Morgan fingerprint density at radius 3 is 2.69 bits per heavy atom. The quantitative estimate of drug-likeness (QED) is 0.393. The molecule has 0 fully saturated rings. The van der Waals surface area contributed by atoms with Gasteiger partial charge in [-0.1, -0.05) is 19.9 Å². The molecule has 2 rings (SSSR count). The number of hydrogen-bond donors (Lipinski definition) is 2. The van der Waals surface area contributed by atoms with Gasteiger partial charge in [-0.2, -0.15) is 0 Å². The number of carbonyl (C=O) groups excluding carboxylic acids is 1. The summed E-state index contributed by atoms with van der Waals surface area (Å²) in [6.07, 6.45) is 0. The van der Waals surface area contributed by atoms with Crippen LogP contribution >= 0.6 is 11.3 Å². The highest BCUT2D eigenvalue weighted by molar-refractivity contribution is 7.10. The second kappa shape index (κ2) is 9.30. The van der Waals surface area contributed by atoms with Gasteiger partial charge >= 0.3 is 0 Å². The molecule has 7 nitrogen and oxygen atoms in total. The lowest BCUT2D eigenvalue weighted by Gasteiger charge is -2.21. The molecule has 0 aliphatic rings. The molecule has 1 atom stereocenters. The lowest BCUT2D eigenvalue weighted by Crippen LogP contribution is -2.31. The first kappa shape index (κ1) is 19.9. The van der Waals surface area contributed by atoms with E-state index in [1.165, 1.54) is 6.07 Å². The minimum Gasteiger partial charge on any atom is -0.383 e. The van der Waals surface area contributed by atoms with Crippen molar-refractivity contribution in [2.24, 2.45) is 5.92 Å². The summed E-state index contributed by atoms with van der Waals surface area (Å²) in [5.74, 6) is -0.133. The molecule has 1 unspecified atom stereocenters. The molecule has 140 valence electrons. The van der Waals surface area contributed by atoms with Gasteiger partial charge in [0.1, 0.15) is 5.69 Å². The molecular formula is C18H23N3O4S. The molecule has 1 aromatic heterocycles. The van der Waals surface area contributed by atoms with Gasteiger partial charge < -0.3 is 15.4 Å². The topological polar surface area (TPSA) is 93.5 Å². The summed E-state index contributed by atoms with van der Waals surface area (Å²) in [5, 5.41) is 19.2. The van der Waals surface area contributed by atoms with Crippen molar-refractivity contribution >= 4 is 28.6 Å². The predicted molar refractivity (Wildman–Crippen MR) is 103 cm³/mol. The summed E-state index contributed by atoms with van der Waals surface area (Å²) in [5.41, 5.74) is 0.490. The van der Waals surface area contributed by atoms with Gasteiger partial charge in [-0.3, -0.25) is 14.9 Å². The fourth-order valence-electron chi connectivity index (χ4n) is 2.52. The Morgan fingerprint density at radius 1 is 1.35 bits per heavy atom. The van der Waals surface area contributed by atoms with E-state index in [9.17, 15) is 14.9 Å². The molecule has 0 spiro atoms. The van der Waals surface area contributed by atoms with Crippen LogP contribution in [0.3, 0.4) is 0 Å². The van der Waals surface area contributed by atoms with E-state index in [1.54, 1.807) is 30.6 Å². The molecule has 0 aliphatic heterocycles. The lowest BCUT2D eigenvalue weighted by atomic mass is 10.0. The fraction of sp³-hybridized carbons (Fsp3) is 0.389. The molecular weight excluding hydrogens is 354 g/mol. The maximum absolute atomic E-state index is 12.6. The third-order valence-corrected chi connectivity index (χ3v) is 4.84. The standard InChI is InChI=1S/C18H23N3O4S/c1-12(2)17(16-5-4-10-26-16)20-18(22)13-6-7-14(19-8-9-25-3)15(11-13)21(23)24/h4-7,10-12,17,19H,8-9H2,1-3H3,(H,20,22). The zero-order valence-electron chi connectivity index (χ0n) is 15.0. The SMILES string of the molecule is COCCNc1ccc(C(=O)NC(c2cccs2)C(C)C)cc1[N+](=O)[O-]. The van der Waals surface area contributed by atoms with Crippen LogP contribution in [0.2, 0.25) is 0 Å². The number of methoxy groups -OCH3 is 1. The van der Waals surface area contributed by atoms with Gasteiger partial charge in [-0.05, 0) is 29.5 Å². The Bertz CT molecular complexity index is 747. The van der Waals surface area contributed by atoms with Crippen molar-refractivity contribution < 1.29 is 14.5 Å². The Labute approximate surface area is 156 Å². The van der Waals surface area contributed by atoms with E-state index in [0.717, 1.165) is 4.88 Å². The van der Waals surface area contributed by atoms with Gasteiger partial charge in [-0.15, -0.1) is 11.3 Å². The maximum Gasteiger partial charge on any atom is 0.293 e. The van der Waals surface area contributed by atoms with Gasteiger partial charge in [0.05, 0.1) is 17.6 Å². The average molecular weight is 377 g/mol. The van der Waals surface area contributed by atoms with Crippen LogP contribution in [0.5, 0.6) is 0 Å². The summed E-state index contributed by atoms with van der Waals surface area (Å²) in [6, 6.07) is 8.21. The van der Waals surface area contributed by atoms with E-state index < -0.39 is 4.92 Å². The van der Waals surface area contributed by atoms with E-state index in [4.69, 9.17) is 4.74 Å². The number of amides is 1. The van der Waals surface area contributed by atoms with Crippen LogP contribution in [-0.4, -0.2) is 31.1 Å². The Balaban J connectivity index is 2.20. The van der Waals surface area contributed by atoms with E-state index in [-0.39, 0.29) is 29.1 Å². The van der Waals surface area contributed by atoms with Crippen molar-refractivity contribution in [3.63, 3.8) is 0 Å². The summed E-state index contributed by atoms with van der Waals surface area (Å²) in [4.78, 5) is 24.5. The first-order valence-electron chi connectivity index (χ1n) is 8.29. The van der Waals surface area contributed by atoms with Crippen LogP contribution in [0.1, 0.15) is 35.1 Å². The Hall–Kier alpha value is -2.45. The number of carbonyl (C=O) groups is 1. The number of ether oxygens (including phenoxy) is 1. The average Bonchev–Trinajstić information content (AvgIpc) is 3.13. The second-order valence-electron chi connectivity index (χ2n) is 6.12. The van der Waals surface area contributed by atoms with Crippen LogP contribution in [0.15, 0.2) is 35.7 Å². The number of anilines is 1. The number of nitrogens with one attached hydrogen (secondary N) is 2. The lowest BCUT2D eigenvalue weighted by molar-refractivity contribution is -0.384. The van der Waals surface area contributed by atoms with Crippen molar-refractivity contribution in [2.75, 3.05) is 25.6 Å². The van der Waals surface area contributed by atoms with Gasteiger partial charge in [0.2, 0.25) is 0 Å². The normalized spacial score (nSPS) is 12.0. The molecule has 0 saturated carbocycles. The van der Waals surface area contributed by atoms with Crippen molar-refractivity contribution in [1.82, 2.24) is 5.32 Å².